The summed E-state index contributed by atoms with van der Waals surface area (Å²) in [5, 5.41) is 12.0. The number of nitrogens with zero attached hydrogens (tertiary/aromatic N) is 4. The van der Waals surface area contributed by atoms with Gasteiger partial charge in [-0.1, -0.05) is 15.9 Å². The monoisotopic (exact) mass is 324 g/mol. The summed E-state index contributed by atoms with van der Waals surface area (Å²) < 4.78 is 5.89. The van der Waals surface area contributed by atoms with Crippen LogP contribution in [0, 0.1) is 0 Å². The topological polar surface area (TPSA) is 69.9 Å². The Balaban J connectivity index is 2.19. The molecule has 1 aromatic carbocycles. The fraction of sp³-hybridized carbons (Fsp3) is 0.333. The summed E-state index contributed by atoms with van der Waals surface area (Å²) in [7, 11) is 0. The first-order chi connectivity index (χ1) is 9.11. The Labute approximate surface area is 118 Å². The van der Waals surface area contributed by atoms with Gasteiger partial charge in [0, 0.05) is 10.0 Å². The zero-order valence-electron chi connectivity index (χ0n) is 10.6. The van der Waals surface area contributed by atoms with Gasteiger partial charge in [-0.25, -0.2) is 4.79 Å². The number of hydrogen-bond donors (Lipinski definition) is 0. The fourth-order valence-electron chi connectivity index (χ4n) is 1.46. The highest BCUT2D eigenvalue weighted by molar-refractivity contribution is 9.10. The van der Waals surface area contributed by atoms with Crippen LogP contribution in [0.2, 0.25) is 0 Å². The molecule has 1 heterocycles. The molecule has 0 fully saturated rings. The van der Waals surface area contributed by atoms with Crippen LogP contribution in [-0.2, 0) is 9.53 Å². The minimum Gasteiger partial charge on any atom is -0.464 e. The second-order valence-electron chi connectivity index (χ2n) is 3.87. The molecule has 0 aliphatic heterocycles. The number of benzene rings is 1. The van der Waals surface area contributed by atoms with E-state index in [1.165, 1.54) is 4.80 Å². The van der Waals surface area contributed by atoms with Crippen molar-refractivity contribution in [3.63, 3.8) is 0 Å². The molecule has 0 spiro atoms. The third kappa shape index (κ3) is 3.17. The Morgan fingerprint density at radius 3 is 2.74 bits per heavy atom. The van der Waals surface area contributed by atoms with Crippen LogP contribution in [0.25, 0.3) is 11.4 Å². The summed E-state index contributed by atoms with van der Waals surface area (Å²) in [6, 6.07) is 6.95. The summed E-state index contributed by atoms with van der Waals surface area (Å²) in [4.78, 5) is 12.8. The molecule has 1 unspecified atom stereocenters. The third-order valence-electron chi connectivity index (χ3n) is 2.50. The average Bonchev–Trinajstić information content (AvgIpc) is 2.88. The van der Waals surface area contributed by atoms with Gasteiger partial charge in [0.2, 0.25) is 5.82 Å². The number of hydrogen-bond acceptors (Lipinski definition) is 5. The van der Waals surface area contributed by atoms with Crippen LogP contribution in [0.5, 0.6) is 0 Å². The van der Waals surface area contributed by atoms with Crippen molar-refractivity contribution in [3.8, 4) is 11.4 Å². The van der Waals surface area contributed by atoms with Gasteiger partial charge >= 0.3 is 5.97 Å². The molecule has 2 rings (SSSR count). The van der Waals surface area contributed by atoms with E-state index < -0.39 is 6.04 Å². The highest BCUT2D eigenvalue weighted by Crippen LogP contribution is 2.18. The van der Waals surface area contributed by atoms with Crippen molar-refractivity contribution in [1.29, 1.82) is 0 Å². The zero-order chi connectivity index (χ0) is 13.8. The molecular weight excluding hydrogens is 312 g/mol. The summed E-state index contributed by atoms with van der Waals surface area (Å²) in [6.07, 6.45) is 0. The van der Waals surface area contributed by atoms with Gasteiger partial charge in [-0.3, -0.25) is 0 Å². The molecule has 6 nitrogen and oxygen atoms in total. The maximum absolute atomic E-state index is 11.6. The van der Waals surface area contributed by atoms with Gasteiger partial charge in [0.15, 0.2) is 6.04 Å². The molecule has 0 saturated carbocycles. The average molecular weight is 325 g/mol. The summed E-state index contributed by atoms with van der Waals surface area (Å²) in [6.45, 7) is 3.76. The number of aromatic nitrogens is 4. The lowest BCUT2D eigenvalue weighted by molar-refractivity contribution is -0.147. The van der Waals surface area contributed by atoms with E-state index in [4.69, 9.17) is 4.74 Å². The van der Waals surface area contributed by atoms with E-state index in [-0.39, 0.29) is 5.97 Å². The number of carbonyl (C=O) groups excluding carboxylic acids is 1. The maximum atomic E-state index is 11.6. The number of tetrazole rings is 1. The van der Waals surface area contributed by atoms with Crippen molar-refractivity contribution in [2.45, 2.75) is 19.9 Å². The van der Waals surface area contributed by atoms with E-state index in [0.29, 0.717) is 12.4 Å². The van der Waals surface area contributed by atoms with Gasteiger partial charge in [0.05, 0.1) is 6.61 Å². The standard InChI is InChI=1S/C12H13BrN4O2/c1-3-19-12(18)8(2)17-15-11(14-16-17)9-4-6-10(13)7-5-9/h4-8H,3H2,1-2H3. The lowest BCUT2D eigenvalue weighted by Gasteiger charge is -2.07. The molecule has 0 amide bonds. The molecule has 0 N–H and O–H groups in total. The lowest BCUT2D eigenvalue weighted by Crippen LogP contribution is -2.21. The van der Waals surface area contributed by atoms with Gasteiger partial charge in [-0.2, -0.15) is 0 Å². The number of rotatable bonds is 4. The quantitative estimate of drug-likeness (QED) is 0.806. The molecular formula is C12H13BrN4O2. The van der Waals surface area contributed by atoms with Crippen molar-refractivity contribution in [3.05, 3.63) is 28.7 Å². The predicted octanol–water partition coefficient (Wildman–Crippen LogP) is 2.23. The molecule has 7 heteroatoms. The molecule has 19 heavy (non-hydrogen) atoms. The minimum atomic E-state index is -0.586. The molecule has 0 aliphatic rings. The first kappa shape index (κ1) is 13.7. The largest absolute Gasteiger partial charge is 0.464 e. The number of ether oxygens (including phenoxy) is 1. The second-order valence-corrected chi connectivity index (χ2v) is 4.78. The molecule has 100 valence electrons. The first-order valence-electron chi connectivity index (χ1n) is 5.84. The predicted molar refractivity (Wildman–Crippen MR) is 72.3 cm³/mol. The van der Waals surface area contributed by atoms with Crippen molar-refractivity contribution >= 4 is 21.9 Å². The van der Waals surface area contributed by atoms with Gasteiger partial charge < -0.3 is 4.74 Å². The Morgan fingerprint density at radius 1 is 1.42 bits per heavy atom. The molecule has 2 aromatic rings. The summed E-state index contributed by atoms with van der Waals surface area (Å²) >= 11 is 3.36. The molecule has 0 saturated heterocycles. The zero-order valence-corrected chi connectivity index (χ0v) is 12.2. The molecule has 1 aromatic heterocycles. The second kappa shape index (κ2) is 5.92. The molecule has 0 aliphatic carbocycles. The van der Waals surface area contributed by atoms with Gasteiger partial charge in [0.25, 0.3) is 0 Å². The number of halogens is 1. The smallest absolute Gasteiger partial charge is 0.332 e. The first-order valence-corrected chi connectivity index (χ1v) is 6.63. The minimum absolute atomic E-state index is 0.331. The van der Waals surface area contributed by atoms with Gasteiger partial charge in [-0.15, -0.1) is 15.0 Å². The Kier molecular flexibility index (Phi) is 4.26. The highest BCUT2D eigenvalue weighted by atomic mass is 79.9. The molecule has 1 atom stereocenters. The van der Waals surface area contributed by atoms with Crippen molar-refractivity contribution in [1.82, 2.24) is 20.2 Å². The Bertz CT molecular complexity index is 567. The molecule has 0 radical (unpaired) electrons. The summed E-state index contributed by atoms with van der Waals surface area (Å²) in [5.41, 5.74) is 0.838. The normalized spacial score (nSPS) is 12.2. The molecule has 0 bridgehead atoms. The van der Waals surface area contributed by atoms with E-state index >= 15 is 0 Å². The van der Waals surface area contributed by atoms with Crippen molar-refractivity contribution in [2.24, 2.45) is 0 Å². The van der Waals surface area contributed by atoms with E-state index in [2.05, 4.69) is 31.3 Å². The highest BCUT2D eigenvalue weighted by Gasteiger charge is 2.19. The maximum Gasteiger partial charge on any atom is 0.332 e. The van der Waals surface area contributed by atoms with Crippen LogP contribution in [0.4, 0.5) is 0 Å². The van der Waals surface area contributed by atoms with E-state index in [9.17, 15) is 4.79 Å². The fourth-order valence-corrected chi connectivity index (χ4v) is 1.73. The van der Waals surface area contributed by atoms with Crippen molar-refractivity contribution in [2.75, 3.05) is 6.61 Å². The number of esters is 1. The van der Waals surface area contributed by atoms with E-state index in [0.717, 1.165) is 10.0 Å². The Morgan fingerprint density at radius 2 is 2.11 bits per heavy atom. The van der Waals surface area contributed by atoms with Crippen LogP contribution >= 0.6 is 15.9 Å². The van der Waals surface area contributed by atoms with Crippen LogP contribution < -0.4 is 0 Å². The van der Waals surface area contributed by atoms with Crippen LogP contribution in [-0.4, -0.2) is 32.8 Å². The number of carbonyl (C=O) groups is 1. The Hall–Kier alpha value is -1.76. The van der Waals surface area contributed by atoms with Crippen LogP contribution in [0.15, 0.2) is 28.7 Å². The van der Waals surface area contributed by atoms with Gasteiger partial charge in [-0.05, 0) is 43.3 Å². The summed E-state index contributed by atoms with van der Waals surface area (Å²) in [5.74, 6) is 0.103. The lowest BCUT2D eigenvalue weighted by atomic mass is 10.2. The van der Waals surface area contributed by atoms with E-state index in [1.807, 2.05) is 24.3 Å². The van der Waals surface area contributed by atoms with Crippen LogP contribution in [0.1, 0.15) is 19.9 Å². The van der Waals surface area contributed by atoms with Crippen molar-refractivity contribution < 1.29 is 9.53 Å². The van der Waals surface area contributed by atoms with Gasteiger partial charge in [0.1, 0.15) is 0 Å². The SMILES string of the molecule is CCOC(=O)C(C)n1nnc(-c2ccc(Br)cc2)n1. The third-order valence-corrected chi connectivity index (χ3v) is 3.03. The van der Waals surface area contributed by atoms with Crippen LogP contribution in [0.3, 0.4) is 0 Å². The van der Waals surface area contributed by atoms with E-state index in [1.54, 1.807) is 13.8 Å².